The van der Waals surface area contributed by atoms with E-state index in [9.17, 15) is 4.79 Å². The number of ether oxygens (including phenoxy) is 1. The number of hydrogen-bond donors (Lipinski definition) is 1. The van der Waals surface area contributed by atoms with Gasteiger partial charge in [0.25, 0.3) is 5.91 Å². The van der Waals surface area contributed by atoms with Crippen LogP contribution in [0.1, 0.15) is 22.9 Å². The Hall–Kier alpha value is -3.52. The number of nitriles is 1. The van der Waals surface area contributed by atoms with E-state index in [1.165, 1.54) is 0 Å². The average Bonchev–Trinajstić information content (AvgIpc) is 3.20. The summed E-state index contributed by atoms with van der Waals surface area (Å²) in [6.07, 6.45) is 1.57. The Labute approximate surface area is 145 Å². The molecule has 0 saturated heterocycles. The van der Waals surface area contributed by atoms with E-state index >= 15 is 0 Å². The molecular formula is C20H16N2O3. The van der Waals surface area contributed by atoms with Crippen LogP contribution in [0.4, 0.5) is 0 Å². The molecule has 25 heavy (non-hydrogen) atoms. The monoisotopic (exact) mass is 332 g/mol. The maximum absolute atomic E-state index is 12.3. The molecule has 124 valence electrons. The first-order valence-electron chi connectivity index (χ1n) is 7.77. The lowest BCUT2D eigenvalue weighted by Crippen LogP contribution is -2.33. The van der Waals surface area contributed by atoms with E-state index < -0.39 is 6.04 Å². The lowest BCUT2D eigenvalue weighted by molar-refractivity contribution is -0.123. The van der Waals surface area contributed by atoms with Gasteiger partial charge in [0.15, 0.2) is 6.61 Å². The highest BCUT2D eigenvalue weighted by atomic mass is 16.5. The first kappa shape index (κ1) is 16.3. The van der Waals surface area contributed by atoms with E-state index in [0.717, 1.165) is 5.56 Å². The Balaban J connectivity index is 1.70. The predicted molar refractivity (Wildman–Crippen MR) is 91.8 cm³/mol. The summed E-state index contributed by atoms with van der Waals surface area (Å²) in [5.41, 5.74) is 1.30. The van der Waals surface area contributed by atoms with Crippen LogP contribution in [0.15, 0.2) is 77.4 Å². The Morgan fingerprint density at radius 1 is 1.08 bits per heavy atom. The first-order valence-corrected chi connectivity index (χ1v) is 7.77. The molecule has 2 aromatic carbocycles. The average molecular weight is 332 g/mol. The Kier molecular flexibility index (Phi) is 5.13. The van der Waals surface area contributed by atoms with E-state index in [1.54, 1.807) is 36.6 Å². The largest absolute Gasteiger partial charge is 0.482 e. The Morgan fingerprint density at radius 2 is 1.84 bits per heavy atom. The van der Waals surface area contributed by atoms with Crippen LogP contribution in [0.5, 0.6) is 5.75 Å². The lowest BCUT2D eigenvalue weighted by atomic mass is 10.0. The van der Waals surface area contributed by atoms with Crippen LogP contribution in [0.2, 0.25) is 0 Å². The molecule has 1 amide bonds. The molecule has 0 unspecified atom stereocenters. The first-order chi connectivity index (χ1) is 12.3. The summed E-state index contributed by atoms with van der Waals surface area (Å²) in [5, 5.41) is 12.0. The molecule has 0 saturated carbocycles. The molecule has 0 spiro atoms. The molecule has 0 bridgehead atoms. The zero-order valence-electron chi connectivity index (χ0n) is 13.4. The summed E-state index contributed by atoms with van der Waals surface area (Å²) >= 11 is 0. The highest BCUT2D eigenvalue weighted by Crippen LogP contribution is 2.22. The SMILES string of the molecule is N#Cc1ccccc1OCC(=O)N[C@H](c1ccccc1)c1ccco1. The van der Waals surface area contributed by atoms with E-state index in [0.29, 0.717) is 17.1 Å². The fraction of sp³-hybridized carbons (Fsp3) is 0.100. The van der Waals surface area contributed by atoms with Crippen LogP contribution in [0.3, 0.4) is 0 Å². The van der Waals surface area contributed by atoms with Gasteiger partial charge in [0.1, 0.15) is 23.6 Å². The summed E-state index contributed by atoms with van der Waals surface area (Å²) < 4.78 is 10.9. The molecule has 1 atom stereocenters. The van der Waals surface area contributed by atoms with Gasteiger partial charge in [-0.1, -0.05) is 42.5 Å². The van der Waals surface area contributed by atoms with Gasteiger partial charge in [0, 0.05) is 0 Å². The quantitative estimate of drug-likeness (QED) is 0.750. The van der Waals surface area contributed by atoms with Crippen molar-refractivity contribution in [1.82, 2.24) is 5.32 Å². The molecule has 0 aliphatic heterocycles. The zero-order chi connectivity index (χ0) is 17.5. The van der Waals surface area contributed by atoms with Crippen molar-refractivity contribution in [2.75, 3.05) is 6.61 Å². The van der Waals surface area contributed by atoms with Crippen LogP contribution in [0, 0.1) is 11.3 Å². The third-order valence-corrected chi connectivity index (χ3v) is 3.63. The van der Waals surface area contributed by atoms with E-state index in [-0.39, 0.29) is 12.5 Å². The normalized spacial score (nSPS) is 11.3. The lowest BCUT2D eigenvalue weighted by Gasteiger charge is -2.17. The van der Waals surface area contributed by atoms with Crippen molar-refractivity contribution < 1.29 is 13.9 Å². The van der Waals surface area contributed by atoms with E-state index in [4.69, 9.17) is 14.4 Å². The van der Waals surface area contributed by atoms with Gasteiger partial charge < -0.3 is 14.5 Å². The molecule has 5 nitrogen and oxygen atoms in total. The summed E-state index contributed by atoms with van der Waals surface area (Å²) in [6.45, 7) is -0.192. The number of hydrogen-bond acceptors (Lipinski definition) is 4. The van der Waals surface area contributed by atoms with Crippen molar-refractivity contribution in [3.05, 3.63) is 89.9 Å². The Bertz CT molecular complexity index is 867. The van der Waals surface area contributed by atoms with Gasteiger partial charge >= 0.3 is 0 Å². The maximum Gasteiger partial charge on any atom is 0.258 e. The number of rotatable bonds is 6. The third-order valence-electron chi connectivity index (χ3n) is 3.63. The summed E-state index contributed by atoms with van der Waals surface area (Å²) in [5.74, 6) is 0.712. The minimum Gasteiger partial charge on any atom is -0.482 e. The third kappa shape index (κ3) is 4.06. The zero-order valence-corrected chi connectivity index (χ0v) is 13.4. The second kappa shape index (κ2) is 7.84. The number of nitrogens with one attached hydrogen (secondary N) is 1. The van der Waals surface area contributed by atoms with Crippen LogP contribution >= 0.6 is 0 Å². The van der Waals surface area contributed by atoms with Crippen LogP contribution in [0.25, 0.3) is 0 Å². The van der Waals surface area contributed by atoms with E-state index in [1.807, 2.05) is 42.5 Å². The second-order valence-electron chi connectivity index (χ2n) is 5.32. The number of benzene rings is 2. The van der Waals surface area contributed by atoms with Crippen molar-refractivity contribution >= 4 is 5.91 Å². The van der Waals surface area contributed by atoms with Crippen LogP contribution in [-0.4, -0.2) is 12.5 Å². The molecule has 0 radical (unpaired) electrons. The molecule has 3 aromatic rings. The number of furan rings is 1. The molecular weight excluding hydrogens is 316 g/mol. The van der Waals surface area contributed by atoms with Gasteiger partial charge in [-0.05, 0) is 29.8 Å². The number of amides is 1. The van der Waals surface area contributed by atoms with E-state index in [2.05, 4.69) is 5.32 Å². The molecule has 1 N–H and O–H groups in total. The highest BCUT2D eigenvalue weighted by molar-refractivity contribution is 5.78. The van der Waals surface area contributed by atoms with Crippen LogP contribution < -0.4 is 10.1 Å². The molecule has 3 rings (SSSR count). The summed E-state index contributed by atoms with van der Waals surface area (Å²) in [6, 6.07) is 21.6. The minimum absolute atomic E-state index is 0.192. The number of carbonyl (C=O) groups is 1. The highest BCUT2D eigenvalue weighted by Gasteiger charge is 2.19. The fourth-order valence-corrected chi connectivity index (χ4v) is 2.45. The van der Waals surface area contributed by atoms with Gasteiger partial charge in [0.05, 0.1) is 11.8 Å². The number of carbonyl (C=O) groups excluding carboxylic acids is 1. The number of nitrogens with zero attached hydrogens (tertiary/aromatic N) is 1. The maximum atomic E-state index is 12.3. The molecule has 1 aromatic heterocycles. The van der Waals surface area contributed by atoms with Crippen molar-refractivity contribution in [2.24, 2.45) is 0 Å². The summed E-state index contributed by atoms with van der Waals surface area (Å²) in [4.78, 5) is 12.3. The van der Waals surface area contributed by atoms with Crippen molar-refractivity contribution in [3.8, 4) is 11.8 Å². The van der Waals surface area contributed by atoms with Crippen molar-refractivity contribution in [1.29, 1.82) is 5.26 Å². The molecule has 1 heterocycles. The van der Waals surface area contributed by atoms with Gasteiger partial charge in [-0.3, -0.25) is 4.79 Å². The molecule has 0 aliphatic carbocycles. The van der Waals surface area contributed by atoms with Crippen molar-refractivity contribution in [2.45, 2.75) is 6.04 Å². The van der Waals surface area contributed by atoms with Gasteiger partial charge in [0.2, 0.25) is 0 Å². The molecule has 5 heteroatoms. The van der Waals surface area contributed by atoms with Crippen LogP contribution in [-0.2, 0) is 4.79 Å². The van der Waals surface area contributed by atoms with Gasteiger partial charge in [-0.15, -0.1) is 0 Å². The smallest absolute Gasteiger partial charge is 0.258 e. The second-order valence-corrected chi connectivity index (χ2v) is 5.32. The molecule has 0 fully saturated rings. The predicted octanol–water partition coefficient (Wildman–Crippen LogP) is 3.44. The number of para-hydroxylation sites is 1. The minimum atomic E-state index is -0.404. The van der Waals surface area contributed by atoms with Gasteiger partial charge in [-0.2, -0.15) is 5.26 Å². The molecule has 0 aliphatic rings. The van der Waals surface area contributed by atoms with Crippen molar-refractivity contribution in [3.63, 3.8) is 0 Å². The summed E-state index contributed by atoms with van der Waals surface area (Å²) in [7, 11) is 0. The standard InChI is InChI=1S/C20H16N2O3/c21-13-16-9-4-5-10-17(16)25-14-19(23)22-20(18-11-6-12-24-18)15-7-2-1-3-8-15/h1-12,20H,14H2,(H,22,23)/t20-/m1/s1. The Morgan fingerprint density at radius 3 is 2.56 bits per heavy atom. The fourth-order valence-electron chi connectivity index (χ4n) is 2.45. The van der Waals surface area contributed by atoms with Gasteiger partial charge in [-0.25, -0.2) is 0 Å². The topological polar surface area (TPSA) is 75.3 Å².